The van der Waals surface area contributed by atoms with E-state index < -0.39 is 11.5 Å². The fourth-order valence-corrected chi connectivity index (χ4v) is 0.881. The van der Waals surface area contributed by atoms with Gasteiger partial charge in [0.05, 0.1) is 0 Å². The SMILES string of the molecule is NCCNC(=O)c1ccc[nH]c1=O. The quantitative estimate of drug-likeness (QED) is 0.562. The minimum absolute atomic E-state index is 0.107. The lowest BCUT2D eigenvalue weighted by Crippen LogP contribution is -2.32. The summed E-state index contributed by atoms with van der Waals surface area (Å²) in [4.78, 5) is 24.7. The number of carbonyl (C=O) groups excluding carboxylic acids is 1. The lowest BCUT2D eigenvalue weighted by molar-refractivity contribution is 0.0953. The molecule has 0 aliphatic rings. The Morgan fingerprint density at radius 3 is 3.00 bits per heavy atom. The largest absolute Gasteiger partial charge is 0.351 e. The van der Waals surface area contributed by atoms with Crippen LogP contribution in [-0.2, 0) is 0 Å². The van der Waals surface area contributed by atoms with E-state index >= 15 is 0 Å². The fourth-order valence-electron chi connectivity index (χ4n) is 0.881. The fraction of sp³-hybridized carbons (Fsp3) is 0.250. The van der Waals surface area contributed by atoms with E-state index in [1.807, 2.05) is 0 Å². The van der Waals surface area contributed by atoms with Crippen molar-refractivity contribution >= 4 is 5.91 Å². The topological polar surface area (TPSA) is 88.0 Å². The van der Waals surface area contributed by atoms with E-state index in [1.165, 1.54) is 12.3 Å². The normalized spacial score (nSPS) is 9.62. The zero-order chi connectivity index (χ0) is 9.68. The molecule has 0 aliphatic heterocycles. The number of pyridine rings is 1. The third-order valence-corrected chi connectivity index (χ3v) is 1.49. The molecule has 4 N–H and O–H groups in total. The van der Waals surface area contributed by atoms with Crippen LogP contribution in [0.1, 0.15) is 10.4 Å². The minimum atomic E-state index is -0.396. The van der Waals surface area contributed by atoms with Crippen LogP contribution in [-0.4, -0.2) is 24.0 Å². The summed E-state index contributed by atoms with van der Waals surface area (Å²) in [6, 6.07) is 3.06. The molecular formula is C8H11N3O2. The molecule has 0 atom stereocenters. The molecule has 13 heavy (non-hydrogen) atoms. The van der Waals surface area contributed by atoms with Crippen LogP contribution >= 0.6 is 0 Å². The first kappa shape index (κ1) is 9.47. The van der Waals surface area contributed by atoms with E-state index in [0.717, 1.165) is 0 Å². The number of amides is 1. The number of rotatable bonds is 3. The molecule has 0 spiro atoms. The Morgan fingerprint density at radius 1 is 1.62 bits per heavy atom. The van der Waals surface area contributed by atoms with E-state index in [1.54, 1.807) is 6.07 Å². The monoisotopic (exact) mass is 181 g/mol. The highest BCUT2D eigenvalue weighted by atomic mass is 16.2. The van der Waals surface area contributed by atoms with E-state index in [-0.39, 0.29) is 5.56 Å². The molecule has 1 heterocycles. The molecule has 0 saturated heterocycles. The first-order chi connectivity index (χ1) is 6.25. The summed E-state index contributed by atoms with van der Waals surface area (Å²) >= 11 is 0. The molecule has 1 rings (SSSR count). The van der Waals surface area contributed by atoms with Gasteiger partial charge in [0, 0.05) is 19.3 Å². The number of carbonyl (C=O) groups is 1. The van der Waals surface area contributed by atoms with Crippen molar-refractivity contribution in [3.8, 4) is 0 Å². The Labute approximate surface area is 75.0 Å². The number of H-pyrrole nitrogens is 1. The highest BCUT2D eigenvalue weighted by Crippen LogP contribution is 1.87. The first-order valence-corrected chi connectivity index (χ1v) is 3.91. The Bertz CT molecular complexity index is 345. The molecule has 1 aromatic rings. The van der Waals surface area contributed by atoms with Gasteiger partial charge in [0.2, 0.25) is 0 Å². The van der Waals surface area contributed by atoms with Crippen LogP contribution in [0.15, 0.2) is 23.1 Å². The Morgan fingerprint density at radius 2 is 2.38 bits per heavy atom. The van der Waals surface area contributed by atoms with Crippen LogP contribution < -0.4 is 16.6 Å². The predicted octanol–water partition coefficient (Wildman–Crippen LogP) is -0.937. The van der Waals surface area contributed by atoms with Gasteiger partial charge in [-0.3, -0.25) is 9.59 Å². The molecule has 5 heteroatoms. The molecule has 70 valence electrons. The van der Waals surface area contributed by atoms with E-state index in [4.69, 9.17) is 5.73 Å². The number of hydrogen-bond acceptors (Lipinski definition) is 3. The van der Waals surface area contributed by atoms with Crippen molar-refractivity contribution in [3.63, 3.8) is 0 Å². The second-order valence-electron chi connectivity index (χ2n) is 2.46. The predicted molar refractivity (Wildman–Crippen MR) is 48.5 cm³/mol. The van der Waals surface area contributed by atoms with Crippen molar-refractivity contribution in [2.75, 3.05) is 13.1 Å². The zero-order valence-electron chi connectivity index (χ0n) is 7.04. The number of nitrogens with two attached hydrogens (primary N) is 1. The van der Waals surface area contributed by atoms with Gasteiger partial charge < -0.3 is 16.0 Å². The standard InChI is InChI=1S/C8H11N3O2/c9-3-5-11-8(13)6-2-1-4-10-7(6)12/h1-2,4H,3,5,9H2,(H,10,12)(H,11,13). The molecule has 0 bridgehead atoms. The lowest BCUT2D eigenvalue weighted by Gasteiger charge is -2.01. The smallest absolute Gasteiger partial charge is 0.260 e. The van der Waals surface area contributed by atoms with Gasteiger partial charge in [0.25, 0.3) is 11.5 Å². The number of nitrogens with one attached hydrogen (secondary N) is 2. The van der Waals surface area contributed by atoms with Gasteiger partial charge in [-0.15, -0.1) is 0 Å². The van der Waals surface area contributed by atoms with Gasteiger partial charge in [-0.25, -0.2) is 0 Å². The average Bonchev–Trinajstić information content (AvgIpc) is 2.15. The van der Waals surface area contributed by atoms with Crippen molar-refractivity contribution < 1.29 is 4.79 Å². The molecule has 0 fully saturated rings. The summed E-state index contributed by atoms with van der Waals surface area (Å²) in [5.74, 6) is -0.396. The average molecular weight is 181 g/mol. The van der Waals surface area contributed by atoms with Crippen molar-refractivity contribution in [1.82, 2.24) is 10.3 Å². The van der Waals surface area contributed by atoms with Crippen LogP contribution in [0.2, 0.25) is 0 Å². The lowest BCUT2D eigenvalue weighted by atomic mass is 10.2. The molecule has 1 aromatic heterocycles. The molecule has 0 radical (unpaired) electrons. The second kappa shape index (κ2) is 4.42. The molecule has 0 aromatic carbocycles. The molecular weight excluding hydrogens is 170 g/mol. The van der Waals surface area contributed by atoms with E-state index in [0.29, 0.717) is 13.1 Å². The first-order valence-electron chi connectivity index (χ1n) is 3.91. The van der Waals surface area contributed by atoms with Crippen LogP contribution in [0.4, 0.5) is 0 Å². The Balaban J connectivity index is 2.77. The highest BCUT2D eigenvalue weighted by Gasteiger charge is 2.07. The summed E-state index contributed by atoms with van der Waals surface area (Å²) < 4.78 is 0. The van der Waals surface area contributed by atoms with E-state index in [2.05, 4.69) is 10.3 Å². The number of aromatic nitrogens is 1. The van der Waals surface area contributed by atoms with Gasteiger partial charge in [0.15, 0.2) is 0 Å². The molecule has 5 nitrogen and oxygen atoms in total. The number of aromatic amines is 1. The Hall–Kier alpha value is -1.62. The van der Waals surface area contributed by atoms with Crippen LogP contribution in [0.25, 0.3) is 0 Å². The van der Waals surface area contributed by atoms with Gasteiger partial charge in [-0.2, -0.15) is 0 Å². The van der Waals surface area contributed by atoms with Gasteiger partial charge >= 0.3 is 0 Å². The summed E-state index contributed by atoms with van der Waals surface area (Å²) in [5, 5.41) is 2.51. The highest BCUT2D eigenvalue weighted by molar-refractivity contribution is 5.93. The van der Waals surface area contributed by atoms with Crippen molar-refractivity contribution in [2.45, 2.75) is 0 Å². The summed E-state index contributed by atoms with van der Waals surface area (Å²) in [5.41, 5.74) is 4.91. The molecule has 0 aliphatic carbocycles. The number of hydrogen-bond donors (Lipinski definition) is 3. The van der Waals surface area contributed by atoms with Crippen LogP contribution in [0, 0.1) is 0 Å². The summed E-state index contributed by atoms with van der Waals surface area (Å²) in [6.45, 7) is 0.726. The van der Waals surface area contributed by atoms with Gasteiger partial charge in [-0.1, -0.05) is 0 Å². The van der Waals surface area contributed by atoms with Crippen molar-refractivity contribution in [1.29, 1.82) is 0 Å². The van der Waals surface area contributed by atoms with Crippen LogP contribution in [0.5, 0.6) is 0 Å². The third kappa shape index (κ3) is 2.41. The van der Waals surface area contributed by atoms with Crippen LogP contribution in [0.3, 0.4) is 0 Å². The molecule has 0 unspecified atom stereocenters. The maximum absolute atomic E-state index is 11.2. The Kier molecular flexibility index (Phi) is 3.22. The third-order valence-electron chi connectivity index (χ3n) is 1.49. The maximum Gasteiger partial charge on any atom is 0.260 e. The summed E-state index contributed by atoms with van der Waals surface area (Å²) in [6.07, 6.45) is 1.47. The molecule has 0 saturated carbocycles. The van der Waals surface area contributed by atoms with Gasteiger partial charge in [-0.05, 0) is 12.1 Å². The summed E-state index contributed by atoms with van der Waals surface area (Å²) in [7, 11) is 0. The zero-order valence-corrected chi connectivity index (χ0v) is 7.04. The van der Waals surface area contributed by atoms with Crippen molar-refractivity contribution in [2.24, 2.45) is 5.73 Å². The van der Waals surface area contributed by atoms with Crippen molar-refractivity contribution in [3.05, 3.63) is 34.2 Å². The van der Waals surface area contributed by atoms with E-state index in [9.17, 15) is 9.59 Å². The maximum atomic E-state index is 11.2. The minimum Gasteiger partial charge on any atom is -0.351 e. The van der Waals surface area contributed by atoms with Gasteiger partial charge in [0.1, 0.15) is 5.56 Å². The second-order valence-corrected chi connectivity index (χ2v) is 2.46. The molecule has 1 amide bonds.